The SMILES string of the molecule is CCN1c2cc(F)c(C=Nc3ccc(Br)c(Cl)c3)cc2C(C)CC1(C)C. The summed E-state index contributed by atoms with van der Waals surface area (Å²) in [6.45, 7) is 9.63. The van der Waals surface area contributed by atoms with Gasteiger partial charge < -0.3 is 4.90 Å². The number of benzene rings is 2. The molecule has 2 aromatic rings. The van der Waals surface area contributed by atoms with Crippen molar-refractivity contribution in [3.8, 4) is 0 Å². The van der Waals surface area contributed by atoms with Gasteiger partial charge >= 0.3 is 0 Å². The summed E-state index contributed by atoms with van der Waals surface area (Å²) in [4.78, 5) is 6.69. The standard InChI is InChI=1S/C21H23BrClFN2/c1-5-26-20-10-19(24)14(8-16(20)13(2)11-21(26,3)4)12-25-15-6-7-17(22)18(23)9-15/h6-10,12-13H,5,11H2,1-4H3. The van der Waals surface area contributed by atoms with Crippen molar-refractivity contribution < 1.29 is 4.39 Å². The van der Waals surface area contributed by atoms with E-state index in [4.69, 9.17) is 11.6 Å². The molecular formula is C21H23BrClFN2. The number of aliphatic imine (C=N–C) groups is 1. The lowest BCUT2D eigenvalue weighted by atomic mass is 9.79. The number of halogens is 3. The zero-order chi connectivity index (χ0) is 19.1. The predicted molar refractivity (Wildman–Crippen MR) is 113 cm³/mol. The van der Waals surface area contributed by atoms with Gasteiger partial charge in [0.25, 0.3) is 0 Å². The van der Waals surface area contributed by atoms with Gasteiger partial charge in [0.15, 0.2) is 0 Å². The zero-order valence-electron chi connectivity index (χ0n) is 15.5. The Morgan fingerprint density at radius 1 is 1.35 bits per heavy atom. The Bertz CT molecular complexity index is 863. The summed E-state index contributed by atoms with van der Waals surface area (Å²) < 4.78 is 15.6. The molecular weight excluding hydrogens is 415 g/mol. The number of nitrogens with zero attached hydrogens (tertiary/aromatic N) is 2. The summed E-state index contributed by atoms with van der Waals surface area (Å²) in [6, 6.07) is 9.03. The monoisotopic (exact) mass is 436 g/mol. The number of rotatable bonds is 3. The van der Waals surface area contributed by atoms with Crippen LogP contribution in [0.5, 0.6) is 0 Å². The summed E-state index contributed by atoms with van der Waals surface area (Å²) in [5, 5.41) is 0.583. The molecule has 0 amide bonds. The Kier molecular flexibility index (Phi) is 5.45. The first-order chi connectivity index (χ1) is 12.2. The first-order valence-corrected chi connectivity index (χ1v) is 10.00. The number of hydrogen-bond acceptors (Lipinski definition) is 2. The van der Waals surface area contributed by atoms with Crippen LogP contribution in [0.3, 0.4) is 0 Å². The van der Waals surface area contributed by atoms with Crippen LogP contribution in [0.4, 0.5) is 15.8 Å². The third-order valence-electron chi connectivity index (χ3n) is 5.08. The summed E-state index contributed by atoms with van der Waals surface area (Å²) in [7, 11) is 0. The highest BCUT2D eigenvalue weighted by Crippen LogP contribution is 2.43. The Morgan fingerprint density at radius 3 is 2.73 bits per heavy atom. The van der Waals surface area contributed by atoms with Gasteiger partial charge in [-0.1, -0.05) is 18.5 Å². The molecule has 1 aliphatic rings. The number of fused-ring (bicyclic) bond motifs is 1. The Balaban J connectivity index is 1.99. The van der Waals surface area contributed by atoms with E-state index in [1.165, 1.54) is 5.56 Å². The van der Waals surface area contributed by atoms with E-state index in [1.807, 2.05) is 18.2 Å². The van der Waals surface area contributed by atoms with Crippen molar-refractivity contribution in [1.82, 2.24) is 0 Å². The van der Waals surface area contributed by atoms with Crippen molar-refractivity contribution in [1.29, 1.82) is 0 Å². The number of hydrogen-bond donors (Lipinski definition) is 0. The van der Waals surface area contributed by atoms with Gasteiger partial charge in [-0.15, -0.1) is 0 Å². The molecule has 5 heteroatoms. The third-order valence-corrected chi connectivity index (χ3v) is 6.31. The highest BCUT2D eigenvalue weighted by Gasteiger charge is 2.36. The van der Waals surface area contributed by atoms with E-state index >= 15 is 0 Å². The van der Waals surface area contributed by atoms with E-state index in [0.717, 1.165) is 23.1 Å². The van der Waals surface area contributed by atoms with Gasteiger partial charge in [0.1, 0.15) is 5.82 Å². The molecule has 3 rings (SSSR count). The van der Waals surface area contributed by atoms with Crippen molar-refractivity contribution in [2.24, 2.45) is 4.99 Å². The summed E-state index contributed by atoms with van der Waals surface area (Å²) in [6.07, 6.45) is 2.62. The van der Waals surface area contributed by atoms with Crippen molar-refractivity contribution in [2.75, 3.05) is 11.4 Å². The molecule has 1 unspecified atom stereocenters. The van der Waals surface area contributed by atoms with Crippen LogP contribution in [0.2, 0.25) is 5.02 Å². The van der Waals surface area contributed by atoms with Crippen LogP contribution in [-0.4, -0.2) is 18.3 Å². The molecule has 0 radical (unpaired) electrons. The van der Waals surface area contributed by atoms with Crippen LogP contribution in [0.1, 0.15) is 51.2 Å². The lowest BCUT2D eigenvalue weighted by Crippen LogP contribution is -2.48. The Hall–Kier alpha value is -1.39. The predicted octanol–water partition coefficient (Wildman–Crippen LogP) is 7.10. The minimum Gasteiger partial charge on any atom is -0.366 e. The molecule has 1 aliphatic heterocycles. The molecule has 0 N–H and O–H groups in total. The molecule has 0 saturated heterocycles. The topological polar surface area (TPSA) is 15.6 Å². The van der Waals surface area contributed by atoms with Gasteiger partial charge in [0.2, 0.25) is 0 Å². The van der Waals surface area contributed by atoms with E-state index in [0.29, 0.717) is 22.2 Å². The van der Waals surface area contributed by atoms with E-state index < -0.39 is 0 Å². The van der Waals surface area contributed by atoms with Gasteiger partial charge in [0, 0.05) is 34.0 Å². The molecule has 2 nitrogen and oxygen atoms in total. The van der Waals surface area contributed by atoms with Crippen LogP contribution in [0.15, 0.2) is 39.8 Å². The minimum atomic E-state index is -0.251. The summed E-state index contributed by atoms with van der Waals surface area (Å²) in [5.41, 5.74) is 3.41. The van der Waals surface area contributed by atoms with Crippen molar-refractivity contribution in [3.63, 3.8) is 0 Å². The second kappa shape index (κ2) is 7.32. The smallest absolute Gasteiger partial charge is 0.134 e. The van der Waals surface area contributed by atoms with Gasteiger partial charge in [0.05, 0.1) is 10.7 Å². The highest BCUT2D eigenvalue weighted by molar-refractivity contribution is 9.10. The molecule has 0 bridgehead atoms. The van der Waals surface area contributed by atoms with Gasteiger partial charge in [-0.3, -0.25) is 4.99 Å². The largest absolute Gasteiger partial charge is 0.366 e. The van der Waals surface area contributed by atoms with Crippen LogP contribution in [0, 0.1) is 5.82 Å². The fraction of sp³-hybridized carbons (Fsp3) is 0.381. The molecule has 1 atom stereocenters. The lowest BCUT2D eigenvalue weighted by molar-refractivity contribution is 0.380. The first kappa shape index (κ1) is 19.4. The van der Waals surface area contributed by atoms with Crippen LogP contribution in [0.25, 0.3) is 0 Å². The zero-order valence-corrected chi connectivity index (χ0v) is 17.8. The van der Waals surface area contributed by atoms with E-state index in [-0.39, 0.29) is 11.4 Å². The Labute approximate surface area is 168 Å². The quantitative estimate of drug-likeness (QED) is 0.467. The molecule has 0 fully saturated rings. The Morgan fingerprint density at radius 2 is 2.08 bits per heavy atom. The molecule has 0 spiro atoms. The number of anilines is 1. The summed E-state index contributed by atoms with van der Waals surface area (Å²) in [5.74, 6) is 0.122. The van der Waals surface area contributed by atoms with Crippen LogP contribution >= 0.6 is 27.5 Å². The highest BCUT2D eigenvalue weighted by atomic mass is 79.9. The molecule has 0 aliphatic carbocycles. The molecule has 0 aromatic heterocycles. The maximum absolute atomic E-state index is 14.8. The molecule has 1 heterocycles. The van der Waals surface area contributed by atoms with Crippen molar-refractivity contribution in [3.05, 3.63) is 56.8 Å². The maximum Gasteiger partial charge on any atom is 0.134 e. The van der Waals surface area contributed by atoms with Gasteiger partial charge in [-0.05, 0) is 84.9 Å². The second-order valence-corrected chi connectivity index (χ2v) is 8.71. The van der Waals surface area contributed by atoms with E-state index in [2.05, 4.69) is 53.5 Å². The van der Waals surface area contributed by atoms with Crippen LogP contribution < -0.4 is 4.90 Å². The second-order valence-electron chi connectivity index (χ2n) is 7.45. The minimum absolute atomic E-state index is 0.0252. The average molecular weight is 438 g/mol. The fourth-order valence-electron chi connectivity index (χ4n) is 3.93. The average Bonchev–Trinajstić information content (AvgIpc) is 2.56. The van der Waals surface area contributed by atoms with E-state index in [9.17, 15) is 4.39 Å². The molecule has 0 saturated carbocycles. The van der Waals surface area contributed by atoms with Crippen LogP contribution in [-0.2, 0) is 0 Å². The lowest BCUT2D eigenvalue weighted by Gasteiger charge is -2.47. The molecule has 2 aromatic carbocycles. The van der Waals surface area contributed by atoms with E-state index in [1.54, 1.807) is 18.3 Å². The molecule has 26 heavy (non-hydrogen) atoms. The normalized spacial score (nSPS) is 19.0. The van der Waals surface area contributed by atoms with Crippen molar-refractivity contribution >= 4 is 45.1 Å². The molecule has 138 valence electrons. The summed E-state index contributed by atoms with van der Waals surface area (Å²) >= 11 is 9.46. The first-order valence-electron chi connectivity index (χ1n) is 8.83. The fourth-order valence-corrected chi connectivity index (χ4v) is 4.35. The van der Waals surface area contributed by atoms with Gasteiger partial charge in [-0.2, -0.15) is 0 Å². The van der Waals surface area contributed by atoms with Gasteiger partial charge in [-0.25, -0.2) is 4.39 Å². The maximum atomic E-state index is 14.8. The van der Waals surface area contributed by atoms with Crippen molar-refractivity contribution in [2.45, 2.75) is 45.6 Å². The third kappa shape index (κ3) is 3.67.